The van der Waals surface area contributed by atoms with Gasteiger partial charge in [-0.3, -0.25) is 0 Å². The molecular weight excluding hydrogens is 501 g/mol. The molecule has 0 saturated carbocycles. The minimum atomic E-state index is -5.90. The second kappa shape index (κ2) is 10.5. The summed E-state index contributed by atoms with van der Waals surface area (Å²) in [5, 5.41) is -0.309. The summed E-state index contributed by atoms with van der Waals surface area (Å²) in [6.45, 7) is 18.9. The Morgan fingerprint density at radius 3 is 2.11 bits per heavy atom. The molecule has 1 aliphatic rings. The molecule has 0 aliphatic carbocycles. The molecule has 1 aromatic rings. The lowest BCUT2D eigenvalue weighted by atomic mass is 9.85. The highest BCUT2D eigenvalue weighted by Gasteiger charge is 2.51. The minimum Gasteiger partial charge on any atom is -0.406 e. The van der Waals surface area contributed by atoms with Crippen molar-refractivity contribution in [1.82, 2.24) is 0 Å². The molecule has 1 aliphatic heterocycles. The molecule has 2 rings (SSSR count). The third-order valence-electron chi connectivity index (χ3n) is 6.99. The SMILES string of the molecule is C=C(OS(=O)(=O)C(F)(F)F)[C@@H](O[Si](C)(C)C(C)(C)C)[C@H](C)[C@H]1O[C@H](c2ccccc2)O[C@H](C)[C@@H]1C. The van der Waals surface area contributed by atoms with Crippen molar-refractivity contribution >= 4 is 18.4 Å². The lowest BCUT2D eigenvalue weighted by molar-refractivity contribution is -0.280. The average Bonchev–Trinajstić information content (AvgIpc) is 2.72. The van der Waals surface area contributed by atoms with Gasteiger partial charge in [0, 0.05) is 17.4 Å². The van der Waals surface area contributed by atoms with E-state index in [0.29, 0.717) is 0 Å². The van der Waals surface area contributed by atoms with Crippen LogP contribution in [0.3, 0.4) is 0 Å². The Labute approximate surface area is 208 Å². The van der Waals surface area contributed by atoms with Gasteiger partial charge in [0.15, 0.2) is 14.6 Å². The van der Waals surface area contributed by atoms with Gasteiger partial charge < -0.3 is 18.1 Å². The van der Waals surface area contributed by atoms with Crippen LogP contribution in [0.4, 0.5) is 13.2 Å². The van der Waals surface area contributed by atoms with E-state index in [-0.39, 0.29) is 17.1 Å². The van der Waals surface area contributed by atoms with Crippen molar-refractivity contribution in [2.75, 3.05) is 0 Å². The molecule has 11 heteroatoms. The van der Waals surface area contributed by atoms with Gasteiger partial charge in [-0.2, -0.15) is 21.6 Å². The lowest BCUT2D eigenvalue weighted by Crippen LogP contribution is -2.52. The molecule has 1 fully saturated rings. The quantitative estimate of drug-likeness (QED) is 0.162. The standard InChI is InChI=1S/C24H37F3O6SSi/c1-15-17(3)30-22(19-13-11-10-12-14-19)31-20(15)16(2)21(33-35(8,9)23(5,6)7)18(4)32-34(28,29)24(25,26)27/h10-17,20-22H,4H2,1-3,5-9H3/t15-,16+,17+,20-,21-,22+/m0/s1. The second-order valence-corrected chi connectivity index (χ2v) is 16.9. The lowest BCUT2D eigenvalue weighted by Gasteiger charge is -2.46. The third kappa shape index (κ3) is 6.88. The van der Waals surface area contributed by atoms with E-state index in [1.165, 1.54) is 0 Å². The van der Waals surface area contributed by atoms with Crippen LogP contribution in [-0.4, -0.2) is 40.6 Å². The van der Waals surface area contributed by atoms with Gasteiger partial charge in [-0.05, 0) is 25.1 Å². The summed E-state index contributed by atoms with van der Waals surface area (Å²) in [5.74, 6) is -1.40. The summed E-state index contributed by atoms with van der Waals surface area (Å²) < 4.78 is 86.0. The van der Waals surface area contributed by atoms with Crippen LogP contribution in [0.5, 0.6) is 0 Å². The fourth-order valence-corrected chi connectivity index (χ4v) is 5.43. The Morgan fingerprint density at radius 2 is 1.63 bits per heavy atom. The van der Waals surface area contributed by atoms with Gasteiger partial charge in [-0.1, -0.05) is 71.5 Å². The highest BCUT2D eigenvalue weighted by Crippen LogP contribution is 2.43. The zero-order chi connectivity index (χ0) is 27.0. The van der Waals surface area contributed by atoms with Crippen molar-refractivity contribution in [3.8, 4) is 0 Å². The molecule has 0 unspecified atom stereocenters. The van der Waals surface area contributed by atoms with Gasteiger partial charge in [-0.25, -0.2) is 0 Å². The van der Waals surface area contributed by atoms with Crippen molar-refractivity contribution in [3.63, 3.8) is 0 Å². The first-order valence-corrected chi connectivity index (χ1v) is 15.8. The first-order chi connectivity index (χ1) is 15.8. The molecule has 6 atom stereocenters. The highest BCUT2D eigenvalue weighted by molar-refractivity contribution is 7.87. The minimum absolute atomic E-state index is 0.178. The van der Waals surface area contributed by atoms with Crippen molar-refractivity contribution in [2.45, 2.75) is 89.8 Å². The molecule has 0 bridgehead atoms. The summed E-state index contributed by atoms with van der Waals surface area (Å²) in [4.78, 5) is 0. The average molecular weight is 539 g/mol. The van der Waals surface area contributed by atoms with E-state index < -0.39 is 54.1 Å². The third-order valence-corrected chi connectivity index (χ3v) is 12.4. The first-order valence-electron chi connectivity index (χ1n) is 11.5. The number of benzene rings is 1. The van der Waals surface area contributed by atoms with E-state index in [9.17, 15) is 21.6 Å². The number of halogens is 3. The summed E-state index contributed by atoms with van der Waals surface area (Å²) in [7, 11) is -8.51. The molecule has 0 amide bonds. The van der Waals surface area contributed by atoms with E-state index in [4.69, 9.17) is 13.9 Å². The van der Waals surface area contributed by atoms with E-state index in [0.717, 1.165) is 5.56 Å². The molecule has 0 aromatic heterocycles. The van der Waals surface area contributed by atoms with Gasteiger partial charge in [0.1, 0.15) is 11.9 Å². The molecule has 35 heavy (non-hydrogen) atoms. The summed E-state index contributed by atoms with van der Waals surface area (Å²) >= 11 is 0. The van der Waals surface area contributed by atoms with Crippen LogP contribution in [0.2, 0.25) is 18.1 Å². The number of rotatable bonds is 8. The zero-order valence-corrected chi connectivity index (χ0v) is 23.4. The van der Waals surface area contributed by atoms with Gasteiger partial charge in [-0.15, -0.1) is 0 Å². The van der Waals surface area contributed by atoms with Gasteiger partial charge in [0.2, 0.25) is 0 Å². The molecule has 1 aromatic carbocycles. The number of hydrogen-bond acceptors (Lipinski definition) is 6. The fourth-order valence-electron chi connectivity index (χ4n) is 3.62. The Balaban J connectivity index is 2.44. The second-order valence-electron chi connectivity index (χ2n) is 10.7. The predicted molar refractivity (Wildman–Crippen MR) is 130 cm³/mol. The summed E-state index contributed by atoms with van der Waals surface area (Å²) in [5.41, 5.74) is -4.80. The van der Waals surface area contributed by atoms with Crippen LogP contribution < -0.4 is 0 Å². The Bertz CT molecular complexity index is 975. The Hall–Kier alpha value is -1.40. The van der Waals surface area contributed by atoms with Crippen LogP contribution in [0.25, 0.3) is 0 Å². The Morgan fingerprint density at radius 1 is 1.09 bits per heavy atom. The zero-order valence-electron chi connectivity index (χ0n) is 21.5. The molecular formula is C24H37F3O6SSi. The summed E-state index contributed by atoms with van der Waals surface area (Å²) in [6, 6.07) is 9.28. The molecule has 0 N–H and O–H groups in total. The van der Waals surface area contributed by atoms with Gasteiger partial charge in [0.05, 0.1) is 12.2 Å². The van der Waals surface area contributed by atoms with Crippen molar-refractivity contribution in [3.05, 3.63) is 48.2 Å². The predicted octanol–water partition coefficient (Wildman–Crippen LogP) is 6.53. The molecule has 6 nitrogen and oxygen atoms in total. The molecule has 1 heterocycles. The van der Waals surface area contributed by atoms with Crippen LogP contribution in [0.1, 0.15) is 53.4 Å². The fraction of sp³-hybridized carbons (Fsp3) is 0.667. The van der Waals surface area contributed by atoms with Crippen molar-refractivity contribution < 1.29 is 39.7 Å². The first kappa shape index (κ1) is 29.8. The van der Waals surface area contributed by atoms with E-state index in [1.54, 1.807) is 6.92 Å². The normalized spacial score (nSPS) is 26.1. The smallest absolute Gasteiger partial charge is 0.406 e. The van der Waals surface area contributed by atoms with E-state index in [1.807, 2.05) is 78.0 Å². The molecule has 200 valence electrons. The van der Waals surface area contributed by atoms with E-state index >= 15 is 0 Å². The van der Waals surface area contributed by atoms with Crippen LogP contribution in [-0.2, 0) is 28.2 Å². The Kier molecular flexibility index (Phi) is 8.97. The topological polar surface area (TPSA) is 71.1 Å². The number of alkyl halides is 3. The van der Waals surface area contributed by atoms with Crippen LogP contribution in [0.15, 0.2) is 42.7 Å². The summed E-state index contributed by atoms with van der Waals surface area (Å²) in [6.07, 6.45) is -2.66. The largest absolute Gasteiger partial charge is 0.534 e. The van der Waals surface area contributed by atoms with Gasteiger partial charge in [0.25, 0.3) is 0 Å². The van der Waals surface area contributed by atoms with Crippen molar-refractivity contribution in [1.29, 1.82) is 0 Å². The molecule has 0 spiro atoms. The maximum atomic E-state index is 13.1. The highest BCUT2D eigenvalue weighted by atomic mass is 32.2. The molecule has 0 radical (unpaired) electrons. The maximum absolute atomic E-state index is 13.1. The maximum Gasteiger partial charge on any atom is 0.534 e. The van der Waals surface area contributed by atoms with Crippen molar-refractivity contribution in [2.24, 2.45) is 11.8 Å². The number of ether oxygens (including phenoxy) is 2. The monoisotopic (exact) mass is 538 g/mol. The van der Waals surface area contributed by atoms with Crippen LogP contribution >= 0.6 is 0 Å². The van der Waals surface area contributed by atoms with E-state index in [2.05, 4.69) is 10.8 Å². The van der Waals surface area contributed by atoms with Gasteiger partial charge >= 0.3 is 15.6 Å². The molecule has 1 saturated heterocycles. The number of hydrogen-bond donors (Lipinski definition) is 0. The van der Waals surface area contributed by atoms with Crippen LogP contribution in [0, 0.1) is 11.8 Å².